The first-order chi connectivity index (χ1) is 25.1. The molecule has 300 valence electrons. The molecule has 1 saturated carbocycles. The molecule has 4 N–H and O–H groups in total. The van der Waals surface area contributed by atoms with Crippen molar-refractivity contribution in [2.45, 2.75) is 124 Å². The molecule has 0 unspecified atom stereocenters. The summed E-state index contributed by atoms with van der Waals surface area (Å²) in [5.41, 5.74) is -0.815. The summed E-state index contributed by atoms with van der Waals surface area (Å²) in [5, 5.41) is 10.7. The van der Waals surface area contributed by atoms with Crippen LogP contribution in [0.2, 0.25) is 0 Å². The number of nitrogens with one attached hydrogen (secondary N) is 4. The Morgan fingerprint density at radius 3 is 2.04 bits per heavy atom. The number of carbonyl (C=O) groups is 7. The van der Waals surface area contributed by atoms with Crippen LogP contribution < -0.4 is 21.3 Å². The number of carbonyl (C=O) groups excluding carboxylic acids is 7. The number of nitrogens with zero attached hydrogens (tertiary/aromatic N) is 2. The highest BCUT2D eigenvalue weighted by molar-refractivity contribution is 6.38. The van der Waals surface area contributed by atoms with E-state index in [0.717, 1.165) is 19.3 Å². The lowest BCUT2D eigenvalue weighted by Gasteiger charge is -2.37. The smallest absolute Gasteiger partial charge is 0.408 e. The second kappa shape index (κ2) is 18.7. The second-order valence-electron chi connectivity index (χ2n) is 17.3. The van der Waals surface area contributed by atoms with Crippen molar-refractivity contribution in [2.24, 2.45) is 23.2 Å². The standard InChI is InChI=1S/C40H62N6O8/c1-24(2)27-19-20-46(37(52)34(39(3,4)5)44-38(53)54-40(6,7)8)32(27)35(50)43-29(21-25-15-14-16-25)33(49)36(51)41-23-30(47)42-28(22-31(48)45(9)10)26-17-12-11-13-18-26/h11-13,17-18,24-25,27-29,32,34H,14-16,19-23H2,1-10H3,(H,41,51)(H,42,47)(H,43,50)(H,44,53)/t27-,28-,29+,32+,34-/m1/s1. The molecule has 1 aromatic carbocycles. The largest absolute Gasteiger partial charge is 0.444 e. The van der Waals surface area contributed by atoms with E-state index >= 15 is 0 Å². The molecule has 1 saturated heterocycles. The Morgan fingerprint density at radius 1 is 0.889 bits per heavy atom. The summed E-state index contributed by atoms with van der Waals surface area (Å²) in [4.78, 5) is 96.7. The van der Waals surface area contributed by atoms with Gasteiger partial charge in [-0.3, -0.25) is 28.8 Å². The van der Waals surface area contributed by atoms with Gasteiger partial charge in [-0.05, 0) is 62.3 Å². The summed E-state index contributed by atoms with van der Waals surface area (Å²) < 4.78 is 5.45. The molecule has 2 fully saturated rings. The Hall–Kier alpha value is -4.49. The van der Waals surface area contributed by atoms with Gasteiger partial charge in [-0.2, -0.15) is 0 Å². The van der Waals surface area contributed by atoms with E-state index in [9.17, 15) is 33.6 Å². The van der Waals surface area contributed by atoms with Crippen molar-refractivity contribution >= 4 is 41.4 Å². The normalized spacial score (nSPS) is 19.1. The summed E-state index contributed by atoms with van der Waals surface area (Å²) in [6.45, 7) is 14.3. The Labute approximate surface area is 320 Å². The van der Waals surface area contributed by atoms with Gasteiger partial charge in [0.1, 0.15) is 17.7 Å². The molecular formula is C40H62N6O8. The van der Waals surface area contributed by atoms with Crippen LogP contribution in [0.1, 0.15) is 106 Å². The van der Waals surface area contributed by atoms with Crippen molar-refractivity contribution in [3.63, 3.8) is 0 Å². The lowest BCUT2D eigenvalue weighted by Crippen LogP contribution is -2.60. The molecule has 14 heteroatoms. The fourth-order valence-electron chi connectivity index (χ4n) is 6.83. The van der Waals surface area contributed by atoms with Crippen LogP contribution in [-0.4, -0.2) is 102 Å². The predicted octanol–water partition coefficient (Wildman–Crippen LogP) is 3.50. The van der Waals surface area contributed by atoms with Gasteiger partial charge in [0.05, 0.1) is 25.0 Å². The average Bonchev–Trinajstić information content (AvgIpc) is 3.51. The fraction of sp³-hybridized carbons (Fsp3) is 0.675. The zero-order valence-corrected chi connectivity index (χ0v) is 33.7. The molecule has 0 aromatic heterocycles. The molecule has 0 bridgehead atoms. The van der Waals surface area contributed by atoms with Crippen LogP contribution in [0.4, 0.5) is 4.79 Å². The van der Waals surface area contributed by atoms with Crippen LogP contribution in [-0.2, 0) is 33.5 Å². The van der Waals surface area contributed by atoms with Crippen LogP contribution in [0, 0.1) is 23.2 Å². The third-order valence-corrected chi connectivity index (χ3v) is 10.1. The summed E-state index contributed by atoms with van der Waals surface area (Å²) in [6.07, 6.45) is 2.70. The van der Waals surface area contributed by atoms with Crippen LogP contribution in [0.5, 0.6) is 0 Å². The quantitative estimate of drug-likeness (QED) is 0.196. The highest BCUT2D eigenvalue weighted by atomic mass is 16.6. The van der Waals surface area contributed by atoms with Crippen LogP contribution in [0.3, 0.4) is 0 Å². The molecule has 3 rings (SSSR count). The third-order valence-electron chi connectivity index (χ3n) is 10.1. The number of amides is 6. The molecule has 0 spiro atoms. The second-order valence-corrected chi connectivity index (χ2v) is 17.3. The van der Waals surface area contributed by atoms with Gasteiger partial charge in [0.25, 0.3) is 5.91 Å². The van der Waals surface area contributed by atoms with Crippen molar-refractivity contribution < 1.29 is 38.3 Å². The van der Waals surface area contributed by atoms with Gasteiger partial charge in [0, 0.05) is 20.6 Å². The highest BCUT2D eigenvalue weighted by Gasteiger charge is 2.48. The molecule has 2 aliphatic rings. The Kier molecular flexibility index (Phi) is 15.2. The number of hydrogen-bond acceptors (Lipinski definition) is 8. The van der Waals surface area contributed by atoms with Gasteiger partial charge < -0.3 is 35.8 Å². The SMILES string of the molecule is CC(C)[C@H]1CCN(C(=O)[C@@H](NC(=O)OC(C)(C)C)C(C)(C)C)[C@@H]1C(=O)N[C@@H](CC1CCC1)C(=O)C(=O)NCC(=O)N[C@H](CC(=O)N(C)C)c1ccccc1. The maximum Gasteiger partial charge on any atom is 0.408 e. The number of ether oxygens (including phenoxy) is 1. The van der Waals surface area contributed by atoms with Crippen LogP contribution in [0.25, 0.3) is 0 Å². The minimum Gasteiger partial charge on any atom is -0.444 e. The molecule has 1 aromatic rings. The minimum absolute atomic E-state index is 0.000720. The zero-order chi connectivity index (χ0) is 40.5. The number of ketones is 1. The van der Waals surface area contributed by atoms with E-state index in [4.69, 9.17) is 4.74 Å². The molecule has 1 aliphatic heterocycles. The number of benzene rings is 1. The summed E-state index contributed by atoms with van der Waals surface area (Å²) >= 11 is 0. The summed E-state index contributed by atoms with van der Waals surface area (Å²) in [7, 11) is 3.24. The van der Waals surface area contributed by atoms with Crippen molar-refractivity contribution in [3.8, 4) is 0 Å². The fourth-order valence-corrected chi connectivity index (χ4v) is 6.83. The van der Waals surface area contributed by atoms with Gasteiger partial charge in [-0.15, -0.1) is 0 Å². The number of Topliss-reactive ketones (excluding diaryl/α,β-unsaturated/α-hetero) is 1. The number of alkyl carbamates (subject to hydrolysis) is 1. The van der Waals surface area contributed by atoms with E-state index in [1.54, 1.807) is 59.1 Å². The highest BCUT2D eigenvalue weighted by Crippen LogP contribution is 2.35. The van der Waals surface area contributed by atoms with Crippen molar-refractivity contribution in [2.75, 3.05) is 27.2 Å². The first-order valence-electron chi connectivity index (χ1n) is 19.1. The molecule has 0 radical (unpaired) electrons. The lowest BCUT2D eigenvalue weighted by atomic mass is 9.80. The Bertz CT molecular complexity index is 1510. The average molecular weight is 755 g/mol. The predicted molar refractivity (Wildman–Crippen MR) is 204 cm³/mol. The Balaban J connectivity index is 1.77. The van der Waals surface area contributed by atoms with E-state index in [-0.39, 0.29) is 43.0 Å². The van der Waals surface area contributed by atoms with Crippen molar-refractivity contribution in [3.05, 3.63) is 35.9 Å². The first kappa shape index (κ1) is 43.9. The number of rotatable bonds is 15. The van der Waals surface area contributed by atoms with Crippen LogP contribution >= 0.6 is 0 Å². The zero-order valence-electron chi connectivity index (χ0n) is 33.7. The van der Waals surface area contributed by atoms with Gasteiger partial charge >= 0.3 is 6.09 Å². The molecule has 54 heavy (non-hydrogen) atoms. The van der Waals surface area contributed by atoms with E-state index in [2.05, 4.69) is 21.3 Å². The van der Waals surface area contributed by atoms with E-state index in [0.29, 0.717) is 12.0 Å². The van der Waals surface area contributed by atoms with Gasteiger partial charge in [0.15, 0.2) is 0 Å². The summed E-state index contributed by atoms with van der Waals surface area (Å²) in [5.74, 6) is -3.82. The van der Waals surface area contributed by atoms with E-state index < -0.39 is 77.2 Å². The molecule has 14 nitrogen and oxygen atoms in total. The maximum atomic E-state index is 14.2. The van der Waals surface area contributed by atoms with Gasteiger partial charge in [0.2, 0.25) is 29.4 Å². The van der Waals surface area contributed by atoms with Gasteiger partial charge in [-0.1, -0.05) is 84.2 Å². The topological polar surface area (TPSA) is 183 Å². The van der Waals surface area contributed by atoms with Gasteiger partial charge in [-0.25, -0.2) is 4.79 Å². The van der Waals surface area contributed by atoms with Crippen LogP contribution in [0.15, 0.2) is 30.3 Å². The summed E-state index contributed by atoms with van der Waals surface area (Å²) in [6, 6.07) is 5.17. The molecule has 6 amide bonds. The number of hydrogen-bond donors (Lipinski definition) is 4. The molecule has 1 heterocycles. The van der Waals surface area contributed by atoms with E-state index in [1.165, 1.54) is 9.80 Å². The number of likely N-dealkylation sites (tertiary alicyclic amines) is 1. The Morgan fingerprint density at radius 2 is 1.52 bits per heavy atom. The van der Waals surface area contributed by atoms with Crippen molar-refractivity contribution in [1.29, 1.82) is 0 Å². The first-order valence-corrected chi connectivity index (χ1v) is 19.1. The molecular weight excluding hydrogens is 692 g/mol. The van der Waals surface area contributed by atoms with E-state index in [1.807, 2.05) is 40.7 Å². The third kappa shape index (κ3) is 12.5. The molecule has 5 atom stereocenters. The maximum absolute atomic E-state index is 14.2. The lowest BCUT2D eigenvalue weighted by molar-refractivity contribution is -0.145. The monoisotopic (exact) mass is 754 g/mol. The minimum atomic E-state index is -1.18. The molecule has 1 aliphatic carbocycles. The van der Waals surface area contributed by atoms with Crippen molar-refractivity contribution in [1.82, 2.24) is 31.1 Å².